The van der Waals surface area contributed by atoms with Gasteiger partial charge in [-0.3, -0.25) is 9.78 Å². The standard InChI is InChI=1S/C17H25N3O/c1-11-3-6-13(7-4-11)19-17(21)16-10-18-14-8-5-12(2)9-15(14)20-16/h10-13H,3-9H2,1-2H3,(H,19,21). The predicted octanol–water partition coefficient (Wildman–Crippen LogP) is 2.91. The molecule has 2 aliphatic rings. The van der Waals surface area contributed by atoms with Crippen LogP contribution in [0.4, 0.5) is 0 Å². The number of hydrogen-bond donors (Lipinski definition) is 1. The first-order valence-electron chi connectivity index (χ1n) is 8.27. The van der Waals surface area contributed by atoms with Crippen LogP contribution in [0.15, 0.2) is 6.20 Å². The smallest absolute Gasteiger partial charge is 0.271 e. The van der Waals surface area contributed by atoms with Crippen LogP contribution in [0, 0.1) is 11.8 Å². The van der Waals surface area contributed by atoms with Gasteiger partial charge in [-0.25, -0.2) is 4.98 Å². The van der Waals surface area contributed by atoms with Gasteiger partial charge in [-0.1, -0.05) is 13.8 Å². The number of nitrogens with zero attached hydrogens (tertiary/aromatic N) is 2. The van der Waals surface area contributed by atoms with E-state index < -0.39 is 0 Å². The highest BCUT2D eigenvalue weighted by molar-refractivity contribution is 5.92. The van der Waals surface area contributed by atoms with Crippen molar-refractivity contribution in [3.05, 3.63) is 23.3 Å². The van der Waals surface area contributed by atoms with Crippen molar-refractivity contribution >= 4 is 5.91 Å². The summed E-state index contributed by atoms with van der Waals surface area (Å²) in [7, 11) is 0. The number of aromatic nitrogens is 2. The van der Waals surface area contributed by atoms with Crippen LogP contribution in [0.5, 0.6) is 0 Å². The van der Waals surface area contributed by atoms with Crippen molar-refractivity contribution < 1.29 is 4.79 Å². The van der Waals surface area contributed by atoms with Gasteiger partial charge in [0.15, 0.2) is 0 Å². The first-order valence-corrected chi connectivity index (χ1v) is 8.27. The van der Waals surface area contributed by atoms with Crippen molar-refractivity contribution in [2.45, 2.75) is 64.8 Å². The summed E-state index contributed by atoms with van der Waals surface area (Å²) in [6.07, 6.45) is 9.35. The number of carbonyl (C=O) groups is 1. The molecular weight excluding hydrogens is 262 g/mol. The van der Waals surface area contributed by atoms with E-state index in [0.29, 0.717) is 17.7 Å². The van der Waals surface area contributed by atoms with E-state index in [0.717, 1.165) is 43.0 Å². The average molecular weight is 287 g/mol. The third kappa shape index (κ3) is 3.42. The van der Waals surface area contributed by atoms with Crippen molar-refractivity contribution in [1.82, 2.24) is 15.3 Å². The van der Waals surface area contributed by atoms with Crippen molar-refractivity contribution in [1.29, 1.82) is 0 Å². The Morgan fingerprint density at radius 1 is 1.10 bits per heavy atom. The zero-order chi connectivity index (χ0) is 14.8. The van der Waals surface area contributed by atoms with E-state index >= 15 is 0 Å². The third-order valence-electron chi connectivity index (χ3n) is 4.93. The molecule has 1 N–H and O–H groups in total. The van der Waals surface area contributed by atoms with Gasteiger partial charge < -0.3 is 5.32 Å². The second-order valence-electron chi connectivity index (χ2n) is 6.93. The Morgan fingerprint density at radius 2 is 1.86 bits per heavy atom. The van der Waals surface area contributed by atoms with Crippen LogP contribution in [0.2, 0.25) is 0 Å². The van der Waals surface area contributed by atoms with Gasteiger partial charge in [0.05, 0.1) is 17.6 Å². The van der Waals surface area contributed by atoms with Crippen molar-refractivity contribution in [3.63, 3.8) is 0 Å². The van der Waals surface area contributed by atoms with E-state index in [4.69, 9.17) is 0 Å². The molecule has 0 aliphatic heterocycles. The lowest BCUT2D eigenvalue weighted by Crippen LogP contribution is -2.38. The SMILES string of the molecule is CC1CCC(NC(=O)c2cnc3c(n2)CC(C)CC3)CC1. The molecule has 1 atom stereocenters. The molecule has 0 aromatic carbocycles. The second-order valence-corrected chi connectivity index (χ2v) is 6.93. The van der Waals surface area contributed by atoms with Crippen LogP contribution in [-0.2, 0) is 12.8 Å². The van der Waals surface area contributed by atoms with Gasteiger partial charge in [0.2, 0.25) is 0 Å². The summed E-state index contributed by atoms with van der Waals surface area (Å²) in [4.78, 5) is 21.4. The Kier molecular flexibility index (Phi) is 4.22. The Bertz CT molecular complexity index is 521. The molecule has 1 amide bonds. The molecule has 21 heavy (non-hydrogen) atoms. The predicted molar refractivity (Wildman–Crippen MR) is 82.1 cm³/mol. The molecule has 4 heteroatoms. The van der Waals surface area contributed by atoms with Crippen molar-refractivity contribution in [3.8, 4) is 0 Å². The molecule has 1 heterocycles. The highest BCUT2D eigenvalue weighted by atomic mass is 16.1. The largest absolute Gasteiger partial charge is 0.348 e. The summed E-state index contributed by atoms with van der Waals surface area (Å²) in [6.45, 7) is 4.52. The van der Waals surface area contributed by atoms with Gasteiger partial charge in [-0.15, -0.1) is 0 Å². The average Bonchev–Trinajstić information content (AvgIpc) is 2.48. The highest BCUT2D eigenvalue weighted by Crippen LogP contribution is 2.24. The molecular formula is C17H25N3O. The maximum absolute atomic E-state index is 12.3. The summed E-state index contributed by atoms with van der Waals surface area (Å²) < 4.78 is 0. The Hall–Kier alpha value is -1.45. The lowest BCUT2D eigenvalue weighted by molar-refractivity contribution is 0.0917. The van der Waals surface area contributed by atoms with Crippen LogP contribution in [0.25, 0.3) is 0 Å². The zero-order valence-corrected chi connectivity index (χ0v) is 13.1. The van der Waals surface area contributed by atoms with Crippen LogP contribution >= 0.6 is 0 Å². The monoisotopic (exact) mass is 287 g/mol. The summed E-state index contributed by atoms with van der Waals surface area (Å²) in [5, 5.41) is 3.13. The number of carbonyl (C=O) groups excluding carboxylic acids is 1. The van der Waals surface area contributed by atoms with E-state index in [1.807, 2.05) is 0 Å². The van der Waals surface area contributed by atoms with Crippen LogP contribution in [-0.4, -0.2) is 21.9 Å². The first kappa shape index (κ1) is 14.5. The van der Waals surface area contributed by atoms with Gasteiger partial charge >= 0.3 is 0 Å². The van der Waals surface area contributed by atoms with E-state index in [2.05, 4.69) is 29.1 Å². The van der Waals surface area contributed by atoms with E-state index in [1.165, 1.54) is 19.3 Å². The van der Waals surface area contributed by atoms with E-state index in [1.54, 1.807) is 6.20 Å². The number of hydrogen-bond acceptors (Lipinski definition) is 3. The van der Waals surface area contributed by atoms with Gasteiger partial charge in [0.1, 0.15) is 5.69 Å². The normalized spacial score (nSPS) is 28.8. The molecule has 0 radical (unpaired) electrons. The Labute approximate surface area is 126 Å². The summed E-state index contributed by atoms with van der Waals surface area (Å²) in [5.74, 6) is 1.39. The molecule has 1 aromatic heterocycles. The van der Waals surface area contributed by atoms with Crippen LogP contribution in [0.3, 0.4) is 0 Å². The van der Waals surface area contributed by atoms with Gasteiger partial charge in [-0.2, -0.15) is 0 Å². The number of rotatable bonds is 2. The summed E-state index contributed by atoms with van der Waals surface area (Å²) in [6, 6.07) is 0.311. The van der Waals surface area contributed by atoms with Crippen LogP contribution in [0.1, 0.15) is 67.8 Å². The van der Waals surface area contributed by atoms with Crippen molar-refractivity contribution in [2.75, 3.05) is 0 Å². The first-order chi connectivity index (χ1) is 10.1. The molecule has 1 unspecified atom stereocenters. The van der Waals surface area contributed by atoms with E-state index in [-0.39, 0.29) is 5.91 Å². The fourth-order valence-corrected chi connectivity index (χ4v) is 3.41. The molecule has 0 saturated heterocycles. The van der Waals surface area contributed by atoms with Crippen molar-refractivity contribution in [2.24, 2.45) is 11.8 Å². The fourth-order valence-electron chi connectivity index (χ4n) is 3.41. The molecule has 1 saturated carbocycles. The van der Waals surface area contributed by atoms with Gasteiger partial charge in [0.25, 0.3) is 5.91 Å². The minimum absolute atomic E-state index is 0.0527. The maximum Gasteiger partial charge on any atom is 0.271 e. The number of amides is 1. The highest BCUT2D eigenvalue weighted by Gasteiger charge is 2.23. The zero-order valence-electron chi connectivity index (χ0n) is 13.1. The quantitative estimate of drug-likeness (QED) is 0.910. The summed E-state index contributed by atoms with van der Waals surface area (Å²) >= 11 is 0. The molecule has 0 bridgehead atoms. The molecule has 2 aliphatic carbocycles. The van der Waals surface area contributed by atoms with Crippen LogP contribution < -0.4 is 5.32 Å². The topological polar surface area (TPSA) is 54.9 Å². The molecule has 0 spiro atoms. The molecule has 1 fully saturated rings. The molecule has 114 valence electrons. The second kappa shape index (κ2) is 6.12. The lowest BCUT2D eigenvalue weighted by Gasteiger charge is -2.27. The van der Waals surface area contributed by atoms with Gasteiger partial charge in [-0.05, 0) is 56.8 Å². The van der Waals surface area contributed by atoms with Gasteiger partial charge in [0, 0.05) is 6.04 Å². The minimum atomic E-state index is -0.0527. The summed E-state index contributed by atoms with van der Waals surface area (Å²) in [5.41, 5.74) is 2.59. The molecule has 3 rings (SSSR count). The third-order valence-corrected chi connectivity index (χ3v) is 4.93. The van der Waals surface area contributed by atoms with E-state index in [9.17, 15) is 4.79 Å². The molecule has 4 nitrogen and oxygen atoms in total. The number of fused-ring (bicyclic) bond motifs is 1. The maximum atomic E-state index is 12.3. The number of aryl methyl sites for hydroxylation is 1. The molecule has 1 aromatic rings. The number of nitrogens with one attached hydrogen (secondary N) is 1. The minimum Gasteiger partial charge on any atom is -0.348 e. The Balaban J connectivity index is 1.66. The fraction of sp³-hybridized carbons (Fsp3) is 0.706. The Morgan fingerprint density at radius 3 is 2.62 bits per heavy atom. The lowest BCUT2D eigenvalue weighted by atomic mass is 9.87.